The smallest absolute Gasteiger partial charge is 0.0373 e. The lowest BCUT2D eigenvalue weighted by atomic mass is 10.0. The van der Waals surface area contributed by atoms with Crippen LogP contribution in [0, 0.1) is 5.92 Å². The molecule has 2 nitrogen and oxygen atoms in total. The first kappa shape index (κ1) is 14.4. The maximum atomic E-state index is 3.64. The fourth-order valence-corrected chi connectivity index (χ4v) is 2.94. The number of benzene rings is 1. The Hall–Kier alpha value is -1.02. The normalized spacial score (nSPS) is 20.5. The van der Waals surface area contributed by atoms with E-state index in [9.17, 15) is 0 Å². The molecule has 2 unspecified atom stereocenters. The minimum Gasteiger partial charge on any atom is -0.383 e. The quantitative estimate of drug-likeness (QED) is 0.866. The number of aryl methyl sites for hydroxylation is 1. The number of likely N-dealkylation sites (N-methyl/N-ethyl adjacent to an activating group) is 1. The van der Waals surface area contributed by atoms with Crippen LogP contribution in [0.1, 0.15) is 39.2 Å². The van der Waals surface area contributed by atoms with E-state index in [0.29, 0.717) is 6.04 Å². The number of anilines is 1. The summed E-state index contributed by atoms with van der Waals surface area (Å²) in [5.41, 5.74) is 2.81. The van der Waals surface area contributed by atoms with Gasteiger partial charge in [-0.3, -0.25) is 4.90 Å². The van der Waals surface area contributed by atoms with Gasteiger partial charge >= 0.3 is 0 Å². The van der Waals surface area contributed by atoms with Crippen molar-refractivity contribution in [2.75, 3.05) is 25.0 Å². The molecule has 0 spiro atoms. The number of rotatable bonds is 5. The van der Waals surface area contributed by atoms with Gasteiger partial charge in [-0.05, 0) is 36.9 Å². The highest BCUT2D eigenvalue weighted by molar-refractivity contribution is 5.52. The van der Waals surface area contributed by atoms with Crippen molar-refractivity contribution in [3.63, 3.8) is 0 Å². The van der Waals surface area contributed by atoms with E-state index in [1.165, 1.54) is 37.1 Å². The Morgan fingerprint density at radius 1 is 1.32 bits per heavy atom. The van der Waals surface area contributed by atoms with Gasteiger partial charge in [0.25, 0.3) is 0 Å². The molecule has 0 saturated carbocycles. The summed E-state index contributed by atoms with van der Waals surface area (Å²) in [6.45, 7) is 10.4. The van der Waals surface area contributed by atoms with E-state index in [0.717, 1.165) is 19.0 Å². The summed E-state index contributed by atoms with van der Waals surface area (Å²) in [6, 6.07) is 9.42. The lowest BCUT2D eigenvalue weighted by Gasteiger charge is -2.32. The van der Waals surface area contributed by atoms with Crippen molar-refractivity contribution in [3.05, 3.63) is 29.8 Å². The van der Waals surface area contributed by atoms with Crippen molar-refractivity contribution in [2.24, 2.45) is 5.92 Å². The molecule has 1 aromatic rings. The highest BCUT2D eigenvalue weighted by Gasteiger charge is 2.21. The van der Waals surface area contributed by atoms with Crippen LogP contribution in [0.15, 0.2) is 24.3 Å². The summed E-state index contributed by atoms with van der Waals surface area (Å²) >= 11 is 0. The molecular weight excluding hydrogens is 232 g/mol. The summed E-state index contributed by atoms with van der Waals surface area (Å²) in [6.07, 6.45) is 3.75. The average Bonchev–Trinajstić information content (AvgIpc) is 2.67. The molecule has 0 bridgehead atoms. The third kappa shape index (κ3) is 3.73. The third-order valence-electron chi connectivity index (χ3n) is 4.46. The van der Waals surface area contributed by atoms with Gasteiger partial charge in [0.05, 0.1) is 0 Å². The van der Waals surface area contributed by atoms with Crippen molar-refractivity contribution >= 4 is 5.69 Å². The number of para-hydroxylation sites is 1. The Kier molecular flexibility index (Phi) is 5.26. The zero-order valence-electron chi connectivity index (χ0n) is 12.7. The highest BCUT2D eigenvalue weighted by Crippen LogP contribution is 2.23. The first-order valence-electron chi connectivity index (χ1n) is 7.80. The number of hydrogen-bond acceptors (Lipinski definition) is 2. The van der Waals surface area contributed by atoms with E-state index in [4.69, 9.17) is 0 Å². The maximum Gasteiger partial charge on any atom is 0.0373 e. The van der Waals surface area contributed by atoms with E-state index in [2.05, 4.69) is 55.3 Å². The average molecular weight is 260 g/mol. The molecule has 1 aliphatic rings. The Morgan fingerprint density at radius 2 is 2.11 bits per heavy atom. The monoisotopic (exact) mass is 260 g/mol. The molecule has 0 saturated heterocycles. The van der Waals surface area contributed by atoms with Crippen molar-refractivity contribution in [1.82, 2.24) is 4.90 Å². The minimum absolute atomic E-state index is 0.673. The fourth-order valence-electron chi connectivity index (χ4n) is 2.94. The van der Waals surface area contributed by atoms with Crippen LogP contribution in [0.4, 0.5) is 5.69 Å². The molecule has 2 rings (SSSR count). The topological polar surface area (TPSA) is 15.3 Å². The third-order valence-corrected chi connectivity index (χ3v) is 4.46. The van der Waals surface area contributed by atoms with E-state index < -0.39 is 0 Å². The molecule has 1 aromatic carbocycles. The van der Waals surface area contributed by atoms with Crippen LogP contribution in [-0.2, 0) is 6.42 Å². The van der Waals surface area contributed by atoms with Crippen LogP contribution in [0.2, 0.25) is 0 Å². The summed E-state index contributed by atoms with van der Waals surface area (Å²) in [5.74, 6) is 0.797. The van der Waals surface area contributed by atoms with Crippen molar-refractivity contribution < 1.29 is 0 Å². The van der Waals surface area contributed by atoms with Gasteiger partial charge in [-0.1, -0.05) is 45.4 Å². The lowest BCUT2D eigenvalue weighted by molar-refractivity contribution is 0.178. The van der Waals surface area contributed by atoms with Crippen molar-refractivity contribution in [2.45, 2.75) is 46.1 Å². The predicted molar refractivity (Wildman–Crippen MR) is 83.7 cm³/mol. The number of nitrogens with zero attached hydrogens (tertiary/aromatic N) is 1. The molecular formula is C17H28N2. The summed E-state index contributed by atoms with van der Waals surface area (Å²) in [7, 11) is 0. The molecule has 0 fully saturated rings. The molecule has 1 aliphatic heterocycles. The van der Waals surface area contributed by atoms with Crippen LogP contribution in [0.25, 0.3) is 0 Å². The van der Waals surface area contributed by atoms with Gasteiger partial charge in [0.2, 0.25) is 0 Å². The standard InChI is InChI=1S/C17H28N2/c1-4-14(3)13-19(5-2)16-11-10-15-8-6-7-9-17(15)18-12-16/h6-9,14,16,18H,4-5,10-13H2,1-3H3. The van der Waals surface area contributed by atoms with E-state index in [1.54, 1.807) is 0 Å². The number of nitrogens with one attached hydrogen (secondary N) is 1. The van der Waals surface area contributed by atoms with E-state index >= 15 is 0 Å². The van der Waals surface area contributed by atoms with Gasteiger partial charge in [0.1, 0.15) is 0 Å². The molecule has 0 amide bonds. The van der Waals surface area contributed by atoms with Gasteiger partial charge in [0.15, 0.2) is 0 Å². The van der Waals surface area contributed by atoms with Gasteiger partial charge in [0, 0.05) is 24.8 Å². The Bertz CT molecular complexity index is 362. The number of fused-ring (bicyclic) bond motifs is 1. The molecule has 2 atom stereocenters. The lowest BCUT2D eigenvalue weighted by Crippen LogP contribution is -2.41. The minimum atomic E-state index is 0.673. The first-order valence-corrected chi connectivity index (χ1v) is 7.80. The SMILES string of the molecule is CCC(C)CN(CC)C1CCc2ccccc2NC1. The van der Waals surface area contributed by atoms with Crippen LogP contribution in [0.5, 0.6) is 0 Å². The summed E-state index contributed by atoms with van der Waals surface area (Å²) < 4.78 is 0. The second-order valence-corrected chi connectivity index (χ2v) is 5.83. The van der Waals surface area contributed by atoms with Gasteiger partial charge in [-0.25, -0.2) is 0 Å². The maximum absolute atomic E-state index is 3.64. The molecule has 19 heavy (non-hydrogen) atoms. The van der Waals surface area contributed by atoms with E-state index in [-0.39, 0.29) is 0 Å². The van der Waals surface area contributed by atoms with Crippen LogP contribution in [0.3, 0.4) is 0 Å². The molecule has 2 heteroatoms. The molecule has 0 aliphatic carbocycles. The van der Waals surface area contributed by atoms with E-state index in [1.807, 2.05) is 0 Å². The summed E-state index contributed by atoms with van der Waals surface area (Å²) in [4.78, 5) is 2.66. The van der Waals surface area contributed by atoms with Crippen LogP contribution in [-0.4, -0.2) is 30.6 Å². The largest absolute Gasteiger partial charge is 0.383 e. The Labute approximate surface area is 118 Å². The van der Waals surface area contributed by atoms with Gasteiger partial charge in [-0.15, -0.1) is 0 Å². The fraction of sp³-hybridized carbons (Fsp3) is 0.647. The summed E-state index contributed by atoms with van der Waals surface area (Å²) in [5, 5.41) is 3.64. The number of hydrogen-bond donors (Lipinski definition) is 1. The zero-order chi connectivity index (χ0) is 13.7. The first-order chi connectivity index (χ1) is 9.24. The van der Waals surface area contributed by atoms with Crippen LogP contribution < -0.4 is 5.32 Å². The molecule has 0 radical (unpaired) electrons. The molecule has 0 aromatic heterocycles. The van der Waals surface area contributed by atoms with Crippen molar-refractivity contribution in [1.29, 1.82) is 0 Å². The molecule has 1 heterocycles. The van der Waals surface area contributed by atoms with Gasteiger partial charge < -0.3 is 5.32 Å². The van der Waals surface area contributed by atoms with Gasteiger partial charge in [-0.2, -0.15) is 0 Å². The van der Waals surface area contributed by atoms with Crippen molar-refractivity contribution in [3.8, 4) is 0 Å². The Balaban J connectivity index is 1.99. The molecule has 1 N–H and O–H groups in total. The zero-order valence-corrected chi connectivity index (χ0v) is 12.7. The highest BCUT2D eigenvalue weighted by atomic mass is 15.2. The predicted octanol–water partition coefficient (Wildman–Crippen LogP) is 3.78. The molecule has 106 valence electrons. The Morgan fingerprint density at radius 3 is 2.84 bits per heavy atom. The second kappa shape index (κ2) is 6.95. The van der Waals surface area contributed by atoms with Crippen LogP contribution >= 0.6 is 0 Å². The second-order valence-electron chi connectivity index (χ2n) is 5.83.